The van der Waals surface area contributed by atoms with Gasteiger partial charge in [0.1, 0.15) is 0 Å². The van der Waals surface area contributed by atoms with E-state index in [1.165, 1.54) is 12.1 Å². The van der Waals surface area contributed by atoms with Crippen LogP contribution in [0.25, 0.3) is 0 Å². The van der Waals surface area contributed by atoms with Crippen LogP contribution < -0.4 is 10.2 Å². The Labute approximate surface area is 113 Å². The fraction of sp³-hybridized carbons (Fsp3) is 0.231. The maximum atomic E-state index is 11.9. The van der Waals surface area contributed by atoms with Crippen LogP contribution in [0.5, 0.6) is 0 Å². The number of nitrogens with zero attached hydrogens (tertiary/aromatic N) is 1. The molecule has 0 saturated heterocycles. The van der Waals surface area contributed by atoms with Gasteiger partial charge >= 0.3 is 0 Å². The molecule has 0 unspecified atom stereocenters. The van der Waals surface area contributed by atoms with E-state index in [0.717, 1.165) is 4.90 Å². The number of hydrogen-bond acceptors (Lipinski definition) is 6. The second-order valence-electron chi connectivity index (χ2n) is 4.29. The zero-order valence-corrected chi connectivity index (χ0v) is 10.2. The summed E-state index contributed by atoms with van der Waals surface area (Å²) in [7, 11) is 0. The standard InChI is InChI=1S/C13H11NO6/c15-10-7-3-1-2-4-8(7)11(16)14(10)6-5-9(12(17)18)13(19)20/h1-4,9H,5-6H2,(H,17,18)(H,19,20)/p-2. The van der Waals surface area contributed by atoms with Gasteiger partial charge in [0.15, 0.2) is 0 Å². The van der Waals surface area contributed by atoms with Crippen molar-refractivity contribution in [2.24, 2.45) is 5.92 Å². The summed E-state index contributed by atoms with van der Waals surface area (Å²) in [4.78, 5) is 45.9. The van der Waals surface area contributed by atoms with Gasteiger partial charge in [-0.15, -0.1) is 0 Å². The Morgan fingerprint density at radius 3 is 1.85 bits per heavy atom. The van der Waals surface area contributed by atoms with Crippen molar-refractivity contribution in [2.75, 3.05) is 6.54 Å². The number of carbonyl (C=O) groups excluding carboxylic acids is 4. The van der Waals surface area contributed by atoms with Crippen LogP contribution in [0, 0.1) is 5.92 Å². The van der Waals surface area contributed by atoms with Crippen LogP contribution in [-0.4, -0.2) is 35.2 Å². The molecular weight excluding hydrogens is 266 g/mol. The average molecular weight is 275 g/mol. The van der Waals surface area contributed by atoms with Crippen molar-refractivity contribution in [1.82, 2.24) is 4.90 Å². The molecule has 2 rings (SSSR count). The predicted molar refractivity (Wildman–Crippen MR) is 59.9 cm³/mol. The van der Waals surface area contributed by atoms with E-state index in [1.807, 2.05) is 0 Å². The van der Waals surface area contributed by atoms with Crippen LogP contribution in [0.1, 0.15) is 27.1 Å². The van der Waals surface area contributed by atoms with Crippen molar-refractivity contribution in [1.29, 1.82) is 0 Å². The zero-order chi connectivity index (χ0) is 14.9. The molecule has 104 valence electrons. The SMILES string of the molecule is O=C([O-])C(CCN1C(=O)c2ccccc2C1=O)C(=O)[O-]. The highest BCUT2D eigenvalue weighted by Crippen LogP contribution is 2.23. The number of carbonyl (C=O) groups is 4. The fourth-order valence-corrected chi connectivity index (χ4v) is 2.03. The molecule has 20 heavy (non-hydrogen) atoms. The van der Waals surface area contributed by atoms with Crippen LogP contribution in [0.4, 0.5) is 0 Å². The van der Waals surface area contributed by atoms with Crippen LogP contribution >= 0.6 is 0 Å². The van der Waals surface area contributed by atoms with Gasteiger partial charge in [0.05, 0.1) is 23.1 Å². The third-order valence-corrected chi connectivity index (χ3v) is 3.09. The second kappa shape index (κ2) is 5.12. The number of aliphatic carboxylic acids is 2. The number of benzene rings is 1. The molecule has 1 aromatic carbocycles. The minimum Gasteiger partial charge on any atom is -0.549 e. The molecule has 1 aliphatic rings. The second-order valence-corrected chi connectivity index (χ2v) is 4.29. The van der Waals surface area contributed by atoms with Gasteiger partial charge in [-0.05, 0) is 18.6 Å². The first-order valence-corrected chi connectivity index (χ1v) is 5.80. The summed E-state index contributed by atoms with van der Waals surface area (Å²) in [6.07, 6.45) is -0.448. The Kier molecular flexibility index (Phi) is 3.51. The number of imide groups is 1. The van der Waals surface area contributed by atoms with E-state index >= 15 is 0 Å². The van der Waals surface area contributed by atoms with Crippen molar-refractivity contribution < 1.29 is 29.4 Å². The van der Waals surface area contributed by atoms with Gasteiger partial charge in [0, 0.05) is 12.5 Å². The third-order valence-electron chi connectivity index (χ3n) is 3.09. The molecule has 0 N–H and O–H groups in total. The molecule has 1 heterocycles. The summed E-state index contributed by atoms with van der Waals surface area (Å²) >= 11 is 0. The number of amides is 2. The van der Waals surface area contributed by atoms with Crippen molar-refractivity contribution >= 4 is 23.8 Å². The predicted octanol–water partition coefficient (Wildman–Crippen LogP) is -2.21. The lowest BCUT2D eigenvalue weighted by Gasteiger charge is -2.21. The van der Waals surface area contributed by atoms with Gasteiger partial charge in [-0.2, -0.15) is 0 Å². The van der Waals surface area contributed by atoms with Crippen LogP contribution in [0.3, 0.4) is 0 Å². The quantitative estimate of drug-likeness (QED) is 0.444. The van der Waals surface area contributed by atoms with Crippen molar-refractivity contribution in [2.45, 2.75) is 6.42 Å². The third kappa shape index (κ3) is 2.25. The van der Waals surface area contributed by atoms with Crippen LogP contribution in [-0.2, 0) is 9.59 Å². The Morgan fingerprint density at radius 1 is 1.00 bits per heavy atom. The van der Waals surface area contributed by atoms with Crippen LogP contribution in [0.2, 0.25) is 0 Å². The minimum absolute atomic E-state index is 0.218. The molecule has 0 radical (unpaired) electrons. The van der Waals surface area contributed by atoms with E-state index in [4.69, 9.17) is 0 Å². The molecule has 2 amide bonds. The highest BCUT2D eigenvalue weighted by atomic mass is 16.4. The van der Waals surface area contributed by atoms with E-state index < -0.39 is 36.1 Å². The molecule has 7 nitrogen and oxygen atoms in total. The average Bonchev–Trinajstić information content (AvgIpc) is 2.63. The van der Waals surface area contributed by atoms with Gasteiger partial charge < -0.3 is 19.8 Å². The molecule has 0 aliphatic carbocycles. The summed E-state index contributed by atoms with van der Waals surface area (Å²) in [5.41, 5.74) is 0.437. The summed E-state index contributed by atoms with van der Waals surface area (Å²) in [6.45, 7) is -0.320. The lowest BCUT2D eigenvalue weighted by molar-refractivity contribution is -0.332. The summed E-state index contributed by atoms with van der Waals surface area (Å²) in [6, 6.07) is 6.15. The van der Waals surface area contributed by atoms with Gasteiger partial charge in [0.2, 0.25) is 0 Å². The molecule has 1 aliphatic heterocycles. The summed E-state index contributed by atoms with van der Waals surface area (Å²) in [5.74, 6) is -6.61. The zero-order valence-electron chi connectivity index (χ0n) is 10.2. The highest BCUT2D eigenvalue weighted by molar-refractivity contribution is 6.21. The van der Waals surface area contributed by atoms with E-state index in [9.17, 15) is 29.4 Å². The molecule has 0 aromatic heterocycles. The Hall–Kier alpha value is -2.70. The molecule has 0 atom stereocenters. The molecular formula is C13H9NO6-2. The maximum Gasteiger partial charge on any atom is 0.261 e. The van der Waals surface area contributed by atoms with E-state index in [-0.39, 0.29) is 17.7 Å². The molecule has 0 fully saturated rings. The monoisotopic (exact) mass is 275 g/mol. The largest absolute Gasteiger partial charge is 0.549 e. The van der Waals surface area contributed by atoms with E-state index in [2.05, 4.69) is 0 Å². The van der Waals surface area contributed by atoms with Gasteiger partial charge in [-0.3, -0.25) is 14.5 Å². The first-order valence-electron chi connectivity index (χ1n) is 5.80. The molecule has 0 saturated carbocycles. The Balaban J connectivity index is 2.13. The van der Waals surface area contributed by atoms with Gasteiger partial charge in [-0.25, -0.2) is 0 Å². The normalized spacial score (nSPS) is 13.8. The maximum absolute atomic E-state index is 11.9. The van der Waals surface area contributed by atoms with E-state index in [1.54, 1.807) is 12.1 Å². The lowest BCUT2D eigenvalue weighted by atomic mass is 10.1. The number of rotatable bonds is 5. The molecule has 1 aromatic rings. The summed E-state index contributed by atoms with van der Waals surface area (Å²) < 4.78 is 0. The number of hydrogen-bond donors (Lipinski definition) is 0. The minimum atomic E-state index is -1.86. The van der Waals surface area contributed by atoms with E-state index in [0.29, 0.717) is 0 Å². The van der Waals surface area contributed by atoms with Crippen molar-refractivity contribution in [3.8, 4) is 0 Å². The Bertz CT molecular complexity index is 560. The number of carboxylic acids is 2. The molecule has 0 spiro atoms. The first kappa shape index (κ1) is 13.7. The van der Waals surface area contributed by atoms with Crippen LogP contribution in [0.15, 0.2) is 24.3 Å². The molecule has 0 bridgehead atoms. The van der Waals surface area contributed by atoms with Crippen molar-refractivity contribution in [3.05, 3.63) is 35.4 Å². The smallest absolute Gasteiger partial charge is 0.261 e. The fourth-order valence-electron chi connectivity index (χ4n) is 2.03. The number of fused-ring (bicyclic) bond motifs is 1. The molecule has 7 heteroatoms. The first-order chi connectivity index (χ1) is 9.43. The van der Waals surface area contributed by atoms with Gasteiger partial charge in [-0.1, -0.05) is 12.1 Å². The highest BCUT2D eigenvalue weighted by Gasteiger charge is 2.35. The Morgan fingerprint density at radius 2 is 1.45 bits per heavy atom. The topological polar surface area (TPSA) is 118 Å². The summed E-state index contributed by atoms with van der Waals surface area (Å²) in [5, 5.41) is 21.2. The lowest BCUT2D eigenvalue weighted by Crippen LogP contribution is -2.45. The van der Waals surface area contributed by atoms with Crippen molar-refractivity contribution in [3.63, 3.8) is 0 Å². The number of carboxylic acid groups (broad SMARTS) is 2. The van der Waals surface area contributed by atoms with Gasteiger partial charge in [0.25, 0.3) is 11.8 Å².